The molecule has 0 rings (SSSR count). The van der Waals surface area contributed by atoms with Gasteiger partial charge in [-0.3, -0.25) is 0 Å². The molecule has 0 radical (unpaired) electrons. The number of hydrogen-bond donors (Lipinski definition) is 0. The van der Waals surface area contributed by atoms with Gasteiger partial charge in [-0.1, -0.05) is 0 Å². The third kappa shape index (κ3) is 834. The first-order valence-electron chi connectivity index (χ1n) is 0. The molecule has 0 spiro atoms. The summed E-state index contributed by atoms with van der Waals surface area (Å²) in [6.45, 7) is 0. The molecule has 7 heteroatoms. The summed E-state index contributed by atoms with van der Waals surface area (Å²) in [5.74, 6) is 0. The van der Waals surface area contributed by atoms with Gasteiger partial charge in [-0.15, -0.1) is 0 Å². The van der Waals surface area contributed by atoms with Crippen molar-refractivity contribution in [2.75, 3.05) is 0 Å². The van der Waals surface area contributed by atoms with Crippen molar-refractivity contribution < 1.29 is 52.3 Å². The van der Waals surface area contributed by atoms with E-state index in [1.54, 1.807) is 0 Å². The third-order valence-electron chi connectivity index (χ3n) is 0. The Balaban J connectivity index is 0. The van der Waals surface area contributed by atoms with Crippen molar-refractivity contribution in [1.29, 1.82) is 0 Å². The smallest absolute Gasteiger partial charge is 0.870 e. The number of hydrogen-bond acceptors (Lipinski definition) is 2. The molecule has 0 aliphatic rings. The zero-order valence-corrected chi connectivity index (χ0v) is 6.57. The Hall–Kier alpha value is 0.383. The summed E-state index contributed by atoms with van der Waals surface area (Å²) in [4.78, 5) is 0. The summed E-state index contributed by atoms with van der Waals surface area (Å²) >= 11 is 0. The van der Waals surface area contributed by atoms with Crippen LogP contribution in [0.15, 0.2) is 0 Å². The van der Waals surface area contributed by atoms with E-state index in [9.17, 15) is 0 Å². The monoisotopic (exact) mass is 170 g/mol. The van der Waals surface area contributed by atoms with Gasteiger partial charge in [-0.2, -0.15) is 0 Å². The Labute approximate surface area is 53.1 Å². The Morgan fingerprint density at radius 2 is 0.429 bits per heavy atom. The second kappa shape index (κ2) is 1260. The van der Waals surface area contributed by atoms with Gasteiger partial charge in [0.15, 0.2) is 0 Å². The quantitative estimate of drug-likeness (QED) is 0.340. The molecule has 10 N–H and O–H groups in total. The van der Waals surface area contributed by atoms with Gasteiger partial charge in [-0.25, -0.2) is 0 Å². The van der Waals surface area contributed by atoms with Crippen molar-refractivity contribution in [2.24, 2.45) is 0 Å². The van der Waals surface area contributed by atoms with Crippen molar-refractivity contribution >= 4 is 0 Å². The zero-order chi connectivity index (χ0) is 0. The minimum atomic E-state index is 0. The first kappa shape index (κ1) is 2050. The number of rotatable bonds is 0. The van der Waals surface area contributed by atoms with Crippen molar-refractivity contribution in [1.82, 2.24) is 0 Å². The van der Waals surface area contributed by atoms with E-state index >= 15 is 0 Å². The second-order valence-electron chi connectivity index (χ2n) is 0. The van der Waals surface area contributed by atoms with Crippen LogP contribution in [0.5, 0.6) is 0 Å². The molecular weight excluding hydrogens is 161 g/mol. The van der Waals surface area contributed by atoms with Crippen LogP contribution >= 0.6 is 0 Å². The molecule has 0 aromatic heterocycles. The third-order valence-corrected chi connectivity index (χ3v) is 0. The van der Waals surface area contributed by atoms with Gasteiger partial charge in [0.2, 0.25) is 0 Å². The Morgan fingerprint density at radius 1 is 0.429 bits per heavy atom. The molecule has 0 amide bonds. The molecule has 48 valence electrons. The summed E-state index contributed by atoms with van der Waals surface area (Å²) in [6, 6.07) is 0. The maximum absolute atomic E-state index is 0. The average molecular weight is 171 g/mol. The minimum Gasteiger partial charge on any atom is -0.870 e. The van der Waals surface area contributed by atoms with Crippen molar-refractivity contribution in [2.45, 2.75) is 0 Å². The van der Waals surface area contributed by atoms with Gasteiger partial charge in [0.25, 0.3) is 0 Å². The molecule has 0 aliphatic carbocycles. The van der Waals surface area contributed by atoms with Gasteiger partial charge >= 0.3 is 19.5 Å². The average Bonchev–Trinajstić information content (AvgIpc) is 0. The van der Waals surface area contributed by atoms with Crippen LogP contribution in [0.2, 0.25) is 0 Å². The minimum absolute atomic E-state index is 0. The molecule has 0 unspecified atom stereocenters. The predicted octanol–water partition coefficient (Wildman–Crippen LogP) is -3.65. The molecule has 0 saturated carbocycles. The van der Waals surface area contributed by atoms with Gasteiger partial charge in [0.1, 0.15) is 0 Å². The SMILES string of the molecule is O.O.O.O.[OH-].[OH-].[Zn+2]. The van der Waals surface area contributed by atoms with Crippen molar-refractivity contribution in [3.05, 3.63) is 0 Å². The fourth-order valence-electron chi connectivity index (χ4n) is 0. The van der Waals surface area contributed by atoms with E-state index in [1.165, 1.54) is 0 Å². The Morgan fingerprint density at radius 3 is 0.429 bits per heavy atom. The van der Waals surface area contributed by atoms with Crippen LogP contribution in [0, 0.1) is 0 Å². The van der Waals surface area contributed by atoms with E-state index in [-0.39, 0.29) is 52.3 Å². The molecule has 0 saturated heterocycles. The van der Waals surface area contributed by atoms with E-state index in [0.29, 0.717) is 0 Å². The maximum atomic E-state index is 0. The van der Waals surface area contributed by atoms with Crippen LogP contribution in [0.1, 0.15) is 0 Å². The van der Waals surface area contributed by atoms with Crippen LogP contribution in [-0.4, -0.2) is 32.9 Å². The normalized spacial score (nSPS) is 0. The zero-order valence-electron chi connectivity index (χ0n) is 3.60. The van der Waals surface area contributed by atoms with Crippen LogP contribution in [0.3, 0.4) is 0 Å². The van der Waals surface area contributed by atoms with Crippen molar-refractivity contribution in [3.8, 4) is 0 Å². The first-order valence-corrected chi connectivity index (χ1v) is 0. The van der Waals surface area contributed by atoms with Gasteiger partial charge in [0, 0.05) is 0 Å². The van der Waals surface area contributed by atoms with Crippen LogP contribution < -0.4 is 0 Å². The molecule has 0 heterocycles. The van der Waals surface area contributed by atoms with Crippen LogP contribution in [0.25, 0.3) is 0 Å². The molecule has 6 nitrogen and oxygen atoms in total. The molecule has 0 aromatic rings. The van der Waals surface area contributed by atoms with Gasteiger partial charge in [0.05, 0.1) is 0 Å². The topological polar surface area (TPSA) is 186 Å². The fraction of sp³-hybridized carbons (Fsp3) is 0. The maximum Gasteiger partial charge on any atom is 2.00 e. The largest absolute Gasteiger partial charge is 2.00 e. The Kier molecular flexibility index (Phi) is 368000. The molecule has 7 heavy (non-hydrogen) atoms. The molecule has 0 bridgehead atoms. The molecular formula is H10O6Zn. The molecule has 0 aromatic carbocycles. The van der Waals surface area contributed by atoms with E-state index < -0.39 is 0 Å². The first-order chi connectivity index (χ1) is 0. The van der Waals surface area contributed by atoms with Gasteiger partial charge < -0.3 is 32.9 Å². The Bertz CT molecular complexity index is 4.14. The second-order valence-corrected chi connectivity index (χ2v) is 0. The summed E-state index contributed by atoms with van der Waals surface area (Å²) in [5.41, 5.74) is 0. The van der Waals surface area contributed by atoms with E-state index in [1.807, 2.05) is 0 Å². The van der Waals surface area contributed by atoms with Gasteiger partial charge in [-0.05, 0) is 0 Å². The van der Waals surface area contributed by atoms with Crippen molar-refractivity contribution in [3.63, 3.8) is 0 Å². The molecule has 0 fully saturated rings. The molecule has 0 atom stereocenters. The summed E-state index contributed by atoms with van der Waals surface area (Å²) in [5, 5.41) is 0. The van der Waals surface area contributed by atoms with E-state index in [2.05, 4.69) is 0 Å². The predicted molar refractivity (Wildman–Crippen MR) is 18.3 cm³/mol. The summed E-state index contributed by atoms with van der Waals surface area (Å²) in [6.07, 6.45) is 0. The standard InChI is InChI=1S/6H2O.Zn/h6*1H2;/q;;;;;;+2/p-2. The van der Waals surface area contributed by atoms with Crippen LogP contribution in [-0.2, 0) is 19.5 Å². The van der Waals surface area contributed by atoms with Crippen LogP contribution in [0.4, 0.5) is 0 Å². The summed E-state index contributed by atoms with van der Waals surface area (Å²) in [7, 11) is 0. The van der Waals surface area contributed by atoms with E-state index in [4.69, 9.17) is 0 Å². The van der Waals surface area contributed by atoms with E-state index in [0.717, 1.165) is 0 Å². The summed E-state index contributed by atoms with van der Waals surface area (Å²) < 4.78 is 0. The fourth-order valence-corrected chi connectivity index (χ4v) is 0. The molecule has 0 aliphatic heterocycles.